The summed E-state index contributed by atoms with van der Waals surface area (Å²) in [4.78, 5) is 12.1. The van der Waals surface area contributed by atoms with Crippen molar-refractivity contribution >= 4 is 33.2 Å². The van der Waals surface area contributed by atoms with Gasteiger partial charge in [-0.15, -0.1) is 11.3 Å². The number of ether oxygens (including phenoxy) is 1. The third-order valence-electron chi connectivity index (χ3n) is 1.68. The molecular formula is C10H11BrO3S. The van der Waals surface area contributed by atoms with Crippen molar-refractivity contribution in [2.24, 2.45) is 0 Å². The van der Waals surface area contributed by atoms with Crippen molar-refractivity contribution in [3.63, 3.8) is 0 Å². The number of halogens is 1. The van der Waals surface area contributed by atoms with E-state index in [1.807, 2.05) is 6.92 Å². The number of aromatic carboxylic acids is 1. The van der Waals surface area contributed by atoms with E-state index < -0.39 is 5.97 Å². The van der Waals surface area contributed by atoms with Gasteiger partial charge >= 0.3 is 5.97 Å². The van der Waals surface area contributed by atoms with Gasteiger partial charge in [-0.1, -0.05) is 29.4 Å². The van der Waals surface area contributed by atoms with Crippen LogP contribution in [0, 0.1) is 0 Å². The number of hydrogen-bond donors (Lipinski definition) is 1. The van der Waals surface area contributed by atoms with E-state index in [4.69, 9.17) is 9.84 Å². The molecule has 0 aliphatic carbocycles. The summed E-state index contributed by atoms with van der Waals surface area (Å²) in [6.07, 6.45) is 0.809. The van der Waals surface area contributed by atoms with Crippen molar-refractivity contribution in [1.82, 2.24) is 0 Å². The minimum absolute atomic E-state index is 0.251. The van der Waals surface area contributed by atoms with Crippen molar-refractivity contribution in [2.75, 3.05) is 6.61 Å². The Hall–Kier alpha value is -0.810. The predicted molar refractivity (Wildman–Crippen MR) is 64.2 cm³/mol. The summed E-state index contributed by atoms with van der Waals surface area (Å²) in [6.45, 7) is 5.87. The predicted octanol–water partition coefficient (Wildman–Crippen LogP) is 3.30. The molecular weight excluding hydrogens is 280 g/mol. The average Bonchev–Trinajstić information content (AvgIpc) is 2.57. The normalized spacial score (nSPS) is 10.0. The summed E-state index contributed by atoms with van der Waals surface area (Å²) in [5.74, 6) is -0.528. The maximum atomic E-state index is 10.9. The second-order valence-corrected chi connectivity index (χ2v) is 5.13. The fourth-order valence-corrected chi connectivity index (χ4v) is 2.00. The standard InChI is InChI=1S/C10H11BrO3S/c1-3-7-4-8(14-5-6(2)11)9(15-7)10(12)13/h4H,2-3,5H2,1H3,(H,12,13). The van der Waals surface area contributed by atoms with Crippen LogP contribution < -0.4 is 4.74 Å². The van der Waals surface area contributed by atoms with Crippen molar-refractivity contribution < 1.29 is 14.6 Å². The van der Waals surface area contributed by atoms with Gasteiger partial charge in [0.1, 0.15) is 12.4 Å². The van der Waals surface area contributed by atoms with Crippen LogP contribution in [-0.4, -0.2) is 17.7 Å². The minimum atomic E-state index is -0.949. The average molecular weight is 291 g/mol. The van der Waals surface area contributed by atoms with Crippen molar-refractivity contribution in [1.29, 1.82) is 0 Å². The summed E-state index contributed by atoms with van der Waals surface area (Å²) in [5, 5.41) is 8.94. The molecule has 0 saturated heterocycles. The summed E-state index contributed by atoms with van der Waals surface area (Å²) in [7, 11) is 0. The van der Waals surface area contributed by atoms with Crippen LogP contribution in [-0.2, 0) is 6.42 Å². The molecule has 0 aliphatic heterocycles. The number of hydrogen-bond acceptors (Lipinski definition) is 3. The van der Waals surface area contributed by atoms with Gasteiger partial charge in [-0.05, 0) is 12.5 Å². The first kappa shape index (κ1) is 12.3. The van der Waals surface area contributed by atoms with E-state index in [9.17, 15) is 4.79 Å². The molecule has 0 aliphatic rings. The molecule has 1 heterocycles. The maximum absolute atomic E-state index is 10.9. The molecule has 0 unspecified atom stereocenters. The molecule has 0 atom stereocenters. The highest BCUT2D eigenvalue weighted by Crippen LogP contribution is 2.30. The minimum Gasteiger partial charge on any atom is -0.487 e. The molecule has 1 aromatic heterocycles. The molecule has 15 heavy (non-hydrogen) atoms. The first-order chi connectivity index (χ1) is 7.04. The quantitative estimate of drug-likeness (QED) is 0.905. The number of carboxylic acids is 1. The van der Waals surface area contributed by atoms with Crippen molar-refractivity contribution in [3.8, 4) is 5.75 Å². The third kappa shape index (κ3) is 3.35. The Morgan fingerprint density at radius 2 is 2.40 bits per heavy atom. The monoisotopic (exact) mass is 290 g/mol. The summed E-state index contributed by atoms with van der Waals surface area (Å²) in [5.41, 5.74) is 0. The highest BCUT2D eigenvalue weighted by Gasteiger charge is 2.16. The molecule has 0 saturated carbocycles. The molecule has 0 bridgehead atoms. The van der Waals surface area contributed by atoms with E-state index in [0.29, 0.717) is 10.2 Å². The fourth-order valence-electron chi connectivity index (χ4n) is 1.01. The number of aryl methyl sites for hydroxylation is 1. The molecule has 1 rings (SSSR count). The first-order valence-corrected chi connectivity index (χ1v) is 5.97. The lowest BCUT2D eigenvalue weighted by Gasteiger charge is -2.02. The first-order valence-electron chi connectivity index (χ1n) is 4.36. The molecule has 0 amide bonds. The summed E-state index contributed by atoms with van der Waals surface area (Å²) >= 11 is 4.40. The van der Waals surface area contributed by atoms with E-state index in [-0.39, 0.29) is 11.5 Å². The molecule has 0 radical (unpaired) electrons. The van der Waals surface area contributed by atoms with E-state index in [0.717, 1.165) is 11.3 Å². The molecule has 1 aromatic rings. The number of thiophene rings is 1. The molecule has 82 valence electrons. The summed E-state index contributed by atoms with van der Waals surface area (Å²) < 4.78 is 6.01. The van der Waals surface area contributed by atoms with Crippen LogP contribution in [0.5, 0.6) is 5.75 Å². The Kier molecular flexibility index (Phi) is 4.35. The Morgan fingerprint density at radius 1 is 1.73 bits per heavy atom. The van der Waals surface area contributed by atoms with Gasteiger partial charge in [-0.25, -0.2) is 4.79 Å². The van der Waals surface area contributed by atoms with Crippen molar-refractivity contribution in [3.05, 3.63) is 26.9 Å². The van der Waals surface area contributed by atoms with Gasteiger partial charge in [0, 0.05) is 9.36 Å². The van der Waals surface area contributed by atoms with Gasteiger partial charge in [0.15, 0.2) is 4.88 Å². The molecule has 0 spiro atoms. The lowest BCUT2D eigenvalue weighted by Crippen LogP contribution is -2.00. The number of carboxylic acid groups (broad SMARTS) is 1. The molecule has 5 heteroatoms. The Balaban J connectivity index is 2.88. The number of carbonyl (C=O) groups is 1. The van der Waals surface area contributed by atoms with Gasteiger partial charge in [-0.2, -0.15) is 0 Å². The van der Waals surface area contributed by atoms with Crippen LogP contribution in [0.3, 0.4) is 0 Å². The van der Waals surface area contributed by atoms with Crippen LogP contribution in [0.1, 0.15) is 21.5 Å². The van der Waals surface area contributed by atoms with Gasteiger partial charge in [0.25, 0.3) is 0 Å². The zero-order valence-corrected chi connectivity index (χ0v) is 10.7. The fraction of sp³-hybridized carbons (Fsp3) is 0.300. The zero-order chi connectivity index (χ0) is 11.4. The highest BCUT2D eigenvalue weighted by molar-refractivity contribution is 9.11. The van der Waals surface area contributed by atoms with Gasteiger partial charge in [0.05, 0.1) is 0 Å². The van der Waals surface area contributed by atoms with E-state index in [2.05, 4.69) is 22.5 Å². The highest BCUT2D eigenvalue weighted by atomic mass is 79.9. The van der Waals surface area contributed by atoms with Crippen LogP contribution in [0.15, 0.2) is 17.1 Å². The van der Waals surface area contributed by atoms with Gasteiger partial charge in [0.2, 0.25) is 0 Å². The second kappa shape index (κ2) is 5.32. The lowest BCUT2D eigenvalue weighted by molar-refractivity contribution is 0.0698. The molecule has 0 aromatic carbocycles. The topological polar surface area (TPSA) is 46.5 Å². The lowest BCUT2D eigenvalue weighted by atomic mass is 10.3. The number of rotatable bonds is 5. The van der Waals surface area contributed by atoms with Crippen LogP contribution >= 0.6 is 27.3 Å². The van der Waals surface area contributed by atoms with E-state index >= 15 is 0 Å². The van der Waals surface area contributed by atoms with Crippen LogP contribution in [0.2, 0.25) is 0 Å². The van der Waals surface area contributed by atoms with Crippen LogP contribution in [0.25, 0.3) is 0 Å². The molecule has 1 N–H and O–H groups in total. The Morgan fingerprint density at radius 3 is 2.87 bits per heavy atom. The maximum Gasteiger partial charge on any atom is 0.349 e. The van der Waals surface area contributed by atoms with E-state index in [1.165, 1.54) is 11.3 Å². The summed E-state index contributed by atoms with van der Waals surface area (Å²) in [6, 6.07) is 1.77. The zero-order valence-electron chi connectivity index (χ0n) is 8.25. The van der Waals surface area contributed by atoms with Gasteiger partial charge < -0.3 is 9.84 Å². The van der Waals surface area contributed by atoms with Crippen LogP contribution in [0.4, 0.5) is 0 Å². The van der Waals surface area contributed by atoms with E-state index in [1.54, 1.807) is 6.07 Å². The Labute approximate surface area is 101 Å². The Bertz CT molecular complexity index is 384. The van der Waals surface area contributed by atoms with Crippen molar-refractivity contribution in [2.45, 2.75) is 13.3 Å². The smallest absolute Gasteiger partial charge is 0.349 e. The molecule has 3 nitrogen and oxygen atoms in total. The SMILES string of the molecule is C=C(Br)COc1cc(CC)sc1C(=O)O. The van der Waals surface area contributed by atoms with Gasteiger partial charge in [-0.3, -0.25) is 0 Å². The second-order valence-electron chi connectivity index (χ2n) is 2.87. The largest absolute Gasteiger partial charge is 0.487 e. The molecule has 0 fully saturated rings. The third-order valence-corrected chi connectivity index (χ3v) is 3.15.